The van der Waals surface area contributed by atoms with Gasteiger partial charge in [-0.2, -0.15) is 0 Å². The molecule has 0 amide bonds. The molecule has 3 saturated heterocycles. The Bertz CT molecular complexity index is 1410. The van der Waals surface area contributed by atoms with Crippen molar-refractivity contribution in [1.29, 1.82) is 0 Å². The van der Waals surface area contributed by atoms with Crippen LogP contribution in [0.25, 0.3) is 0 Å². The van der Waals surface area contributed by atoms with Crippen molar-refractivity contribution in [3.05, 3.63) is 71.1 Å². The van der Waals surface area contributed by atoms with Crippen LogP contribution in [0.15, 0.2) is 65.4 Å². The van der Waals surface area contributed by atoms with Crippen molar-refractivity contribution in [1.82, 2.24) is 4.98 Å². The summed E-state index contributed by atoms with van der Waals surface area (Å²) in [4.78, 5) is 29.6. The number of aromatic amines is 1. The summed E-state index contributed by atoms with van der Waals surface area (Å²) in [5, 5.41) is 23.7. The average molecular weight is 638 g/mol. The molecule has 3 N–H and O–H groups in total. The van der Waals surface area contributed by atoms with Crippen LogP contribution in [0.3, 0.4) is 0 Å². The van der Waals surface area contributed by atoms with Crippen LogP contribution >= 0.6 is 0 Å². The van der Waals surface area contributed by atoms with Gasteiger partial charge in [-0.3, -0.25) is 4.79 Å². The van der Waals surface area contributed by atoms with Crippen LogP contribution in [0.2, 0.25) is 0 Å². The van der Waals surface area contributed by atoms with Crippen LogP contribution in [0.5, 0.6) is 0 Å². The standard InChI is InChI=1S/C36H47NO9/c1-21-7-5-8-26-20-42-32-31(38)25(19-43-34(40)30-9-6-14-37-30)16-29(36(26,32)41)33(39)44-28-17-27(11-10-22(2)15-21)46-35(18-28)13-12-23(3)24(4)45-35/h5-10,14,16,21,23-24,27-29,31-32,37-38,41H,11-13,15,17-20H2,1-4H3/b7-5-,22-10-,26-8-/t21-,23-,24+,27+,28-,29-,31+,32+,35-,36+/m0/s1. The highest BCUT2D eigenvalue weighted by atomic mass is 16.7. The van der Waals surface area contributed by atoms with Crippen molar-refractivity contribution >= 4 is 11.9 Å². The largest absolute Gasteiger partial charge is 0.462 e. The molecular weight excluding hydrogens is 590 g/mol. The van der Waals surface area contributed by atoms with E-state index < -0.39 is 47.6 Å². The van der Waals surface area contributed by atoms with Gasteiger partial charge < -0.3 is 38.9 Å². The summed E-state index contributed by atoms with van der Waals surface area (Å²) < 4.78 is 30.9. The van der Waals surface area contributed by atoms with E-state index in [4.69, 9.17) is 23.7 Å². The molecule has 10 nitrogen and oxygen atoms in total. The predicted octanol–water partition coefficient (Wildman–Crippen LogP) is 4.70. The van der Waals surface area contributed by atoms with Crippen LogP contribution in [-0.2, 0) is 28.5 Å². The fourth-order valence-electron chi connectivity index (χ4n) is 7.58. The highest BCUT2D eigenvalue weighted by Gasteiger charge is 2.60. The van der Waals surface area contributed by atoms with Gasteiger partial charge in [0.2, 0.25) is 0 Å². The zero-order valence-electron chi connectivity index (χ0n) is 27.1. The maximum atomic E-state index is 14.2. The van der Waals surface area contributed by atoms with Gasteiger partial charge in [-0.15, -0.1) is 0 Å². The predicted molar refractivity (Wildman–Crippen MR) is 168 cm³/mol. The summed E-state index contributed by atoms with van der Waals surface area (Å²) >= 11 is 0. The van der Waals surface area contributed by atoms with Crippen LogP contribution in [0, 0.1) is 17.8 Å². The molecule has 1 aromatic rings. The number of hydrogen-bond donors (Lipinski definition) is 3. The Kier molecular flexibility index (Phi) is 9.47. The number of fused-ring (bicyclic) bond motifs is 2. The Labute approximate surface area is 270 Å². The van der Waals surface area contributed by atoms with Gasteiger partial charge in [0.1, 0.15) is 42.1 Å². The minimum Gasteiger partial charge on any atom is -0.462 e. The van der Waals surface area contributed by atoms with Crippen molar-refractivity contribution in [3.63, 3.8) is 0 Å². The van der Waals surface area contributed by atoms with Crippen molar-refractivity contribution in [3.8, 4) is 0 Å². The van der Waals surface area contributed by atoms with E-state index in [1.165, 1.54) is 11.6 Å². The van der Waals surface area contributed by atoms with Gasteiger partial charge in [0.25, 0.3) is 0 Å². The highest BCUT2D eigenvalue weighted by molar-refractivity contribution is 5.87. The van der Waals surface area contributed by atoms with E-state index in [1.807, 2.05) is 6.08 Å². The quantitative estimate of drug-likeness (QED) is 0.318. The van der Waals surface area contributed by atoms with Gasteiger partial charge in [-0.05, 0) is 68.2 Å². The molecule has 0 radical (unpaired) electrons. The molecule has 5 aliphatic rings. The van der Waals surface area contributed by atoms with E-state index in [9.17, 15) is 19.8 Å². The lowest BCUT2D eigenvalue weighted by atomic mass is 9.70. The summed E-state index contributed by atoms with van der Waals surface area (Å²) in [6.07, 6.45) is 11.9. The van der Waals surface area contributed by atoms with Gasteiger partial charge >= 0.3 is 11.9 Å². The van der Waals surface area contributed by atoms with E-state index in [1.54, 1.807) is 24.4 Å². The zero-order chi connectivity index (χ0) is 32.6. The number of allylic oxidation sites excluding steroid dienone is 4. The minimum atomic E-state index is -1.86. The Morgan fingerprint density at radius 1 is 1.20 bits per heavy atom. The summed E-state index contributed by atoms with van der Waals surface area (Å²) in [6.45, 7) is 8.22. The number of aliphatic hydroxyl groups is 2. The van der Waals surface area contributed by atoms with E-state index in [0.717, 1.165) is 12.8 Å². The molecule has 5 heterocycles. The molecule has 0 unspecified atom stereocenters. The van der Waals surface area contributed by atoms with Gasteiger partial charge in [-0.1, -0.05) is 49.8 Å². The third kappa shape index (κ3) is 6.55. The summed E-state index contributed by atoms with van der Waals surface area (Å²) in [5.74, 6) is -2.70. The third-order valence-electron chi connectivity index (χ3n) is 10.4. The number of carbonyl (C=O) groups excluding carboxylic acids is 2. The second-order valence-electron chi connectivity index (χ2n) is 13.9. The molecule has 10 atom stereocenters. The van der Waals surface area contributed by atoms with Crippen LogP contribution < -0.4 is 0 Å². The van der Waals surface area contributed by atoms with Crippen molar-refractivity contribution < 1.29 is 43.5 Å². The Hall–Kier alpha value is -3.02. The molecule has 0 aromatic carbocycles. The monoisotopic (exact) mass is 637 g/mol. The van der Waals surface area contributed by atoms with Crippen LogP contribution in [0.1, 0.15) is 76.7 Å². The van der Waals surface area contributed by atoms with Crippen LogP contribution in [0.4, 0.5) is 0 Å². The third-order valence-corrected chi connectivity index (χ3v) is 10.4. The first-order chi connectivity index (χ1) is 22.0. The lowest BCUT2D eigenvalue weighted by Crippen LogP contribution is -2.58. The molecule has 4 aliphatic heterocycles. The number of esters is 2. The number of carbonyl (C=O) groups is 2. The topological polar surface area (TPSA) is 137 Å². The molecule has 10 heteroatoms. The Morgan fingerprint density at radius 2 is 2.02 bits per heavy atom. The summed E-state index contributed by atoms with van der Waals surface area (Å²) in [6, 6.07) is 3.26. The van der Waals surface area contributed by atoms with Gasteiger partial charge in [0, 0.05) is 25.5 Å². The molecule has 1 aromatic heterocycles. The molecule has 3 fully saturated rings. The van der Waals surface area contributed by atoms with E-state index in [0.29, 0.717) is 37.2 Å². The molecule has 1 spiro atoms. The lowest BCUT2D eigenvalue weighted by molar-refractivity contribution is -0.332. The number of rotatable bonds is 3. The number of hydrogen-bond acceptors (Lipinski definition) is 9. The van der Waals surface area contributed by atoms with Gasteiger partial charge in [0.05, 0.1) is 18.8 Å². The maximum Gasteiger partial charge on any atom is 0.355 e. The molecule has 6 rings (SSSR count). The number of aliphatic hydroxyl groups excluding tert-OH is 1. The lowest BCUT2D eigenvalue weighted by Gasteiger charge is -2.49. The fraction of sp³-hybridized carbons (Fsp3) is 0.611. The van der Waals surface area contributed by atoms with Gasteiger partial charge in [-0.25, -0.2) is 4.79 Å². The molecule has 0 saturated carbocycles. The second-order valence-corrected chi connectivity index (χ2v) is 13.9. The van der Waals surface area contributed by atoms with Crippen molar-refractivity contribution in [2.24, 2.45) is 17.8 Å². The number of nitrogens with one attached hydrogen (secondary N) is 1. The first kappa shape index (κ1) is 32.9. The van der Waals surface area contributed by atoms with E-state index >= 15 is 0 Å². The van der Waals surface area contributed by atoms with E-state index in [-0.39, 0.29) is 42.6 Å². The Morgan fingerprint density at radius 3 is 2.78 bits per heavy atom. The zero-order valence-corrected chi connectivity index (χ0v) is 27.1. The van der Waals surface area contributed by atoms with E-state index in [2.05, 4.69) is 44.8 Å². The normalized spacial score (nSPS) is 42.9. The SMILES string of the molecule is C/C1=C/C[C@@H]2C[C@@H](C[C@]3(CC[C@H](C)[C@@H](C)O3)O2)OC(=O)[C@@H]2C=C(COC(=O)c3ccc[nH]3)[C@@H](O)[C@H]3OC/C(=C/C=C\[C@H](C)C1)[C@]32O. The maximum absolute atomic E-state index is 14.2. The molecule has 1 aliphatic carbocycles. The van der Waals surface area contributed by atoms with Gasteiger partial charge in [0.15, 0.2) is 5.79 Å². The molecule has 250 valence electrons. The first-order valence-corrected chi connectivity index (χ1v) is 16.6. The molecule has 2 bridgehead atoms. The molecular formula is C36H47NO9. The smallest absolute Gasteiger partial charge is 0.355 e. The first-order valence-electron chi connectivity index (χ1n) is 16.6. The van der Waals surface area contributed by atoms with Crippen molar-refractivity contribution in [2.75, 3.05) is 13.2 Å². The highest BCUT2D eigenvalue weighted by Crippen LogP contribution is 2.47. The van der Waals surface area contributed by atoms with Crippen molar-refractivity contribution in [2.45, 2.75) is 108 Å². The summed E-state index contributed by atoms with van der Waals surface area (Å²) in [7, 11) is 0. The number of H-pyrrole nitrogens is 1. The fourth-order valence-corrected chi connectivity index (χ4v) is 7.58. The van der Waals surface area contributed by atoms with Crippen LogP contribution in [-0.4, -0.2) is 82.3 Å². The minimum absolute atomic E-state index is 0.00422. The Balaban J connectivity index is 1.34. The number of ether oxygens (including phenoxy) is 5. The second kappa shape index (κ2) is 13.2. The average Bonchev–Trinajstić information content (AvgIpc) is 3.66. The molecule has 46 heavy (non-hydrogen) atoms. The summed E-state index contributed by atoms with van der Waals surface area (Å²) in [5.41, 5.74) is 0.374. The number of aromatic nitrogens is 1.